The van der Waals surface area contributed by atoms with E-state index in [4.69, 9.17) is 5.73 Å². The van der Waals surface area contributed by atoms with Gasteiger partial charge in [0.15, 0.2) is 0 Å². The fourth-order valence-electron chi connectivity index (χ4n) is 1.59. The van der Waals surface area contributed by atoms with Crippen LogP contribution in [0.3, 0.4) is 0 Å². The van der Waals surface area contributed by atoms with Crippen molar-refractivity contribution in [3.8, 4) is 0 Å². The average molecular weight is 306 g/mol. The topological polar surface area (TPSA) is 55.1 Å². The predicted molar refractivity (Wildman–Crippen MR) is 75.8 cm³/mol. The molecular weight excluding hydrogens is 289 g/mol. The van der Waals surface area contributed by atoms with Crippen molar-refractivity contribution in [3.05, 3.63) is 29.3 Å². The van der Waals surface area contributed by atoms with E-state index in [0.717, 1.165) is 17.9 Å². The fraction of sp³-hybridized carbons (Fsp3) is 0.462. The lowest BCUT2D eigenvalue weighted by molar-refractivity contribution is -0.136. The summed E-state index contributed by atoms with van der Waals surface area (Å²) in [7, 11) is 0. The van der Waals surface area contributed by atoms with Gasteiger partial charge in [0.1, 0.15) is 0 Å². The van der Waals surface area contributed by atoms with Crippen LogP contribution in [-0.2, 0) is 6.18 Å². The Kier molecular flexibility index (Phi) is 5.74. The highest BCUT2D eigenvalue weighted by Gasteiger charge is 2.33. The zero-order chi connectivity index (χ0) is 15.3. The minimum atomic E-state index is -4.57. The second-order valence-electron chi connectivity index (χ2n) is 4.33. The molecule has 0 aliphatic rings. The van der Waals surface area contributed by atoms with Crippen molar-refractivity contribution in [2.24, 2.45) is 0 Å². The average Bonchev–Trinajstić information content (AvgIpc) is 2.35. The second-order valence-corrected chi connectivity index (χ2v) is 5.65. The molecule has 1 amide bonds. The van der Waals surface area contributed by atoms with Gasteiger partial charge in [-0.3, -0.25) is 4.79 Å². The van der Waals surface area contributed by atoms with Crippen LogP contribution in [0.25, 0.3) is 0 Å². The number of carbonyl (C=O) groups is 1. The fourth-order valence-corrected chi connectivity index (χ4v) is 2.26. The molecule has 0 saturated carbocycles. The number of hydrogen-bond acceptors (Lipinski definition) is 3. The van der Waals surface area contributed by atoms with Crippen LogP contribution in [0.2, 0.25) is 0 Å². The summed E-state index contributed by atoms with van der Waals surface area (Å²) in [5.41, 5.74) is 3.87. The molecule has 0 bridgehead atoms. The lowest BCUT2D eigenvalue weighted by Gasteiger charge is -2.15. The summed E-state index contributed by atoms with van der Waals surface area (Å²) < 4.78 is 38.1. The third-order valence-electron chi connectivity index (χ3n) is 2.57. The summed E-state index contributed by atoms with van der Waals surface area (Å²) in [6.07, 6.45) is -4.57. The lowest BCUT2D eigenvalue weighted by Crippen LogP contribution is -2.34. The van der Waals surface area contributed by atoms with Gasteiger partial charge >= 0.3 is 6.18 Å². The van der Waals surface area contributed by atoms with Crippen molar-refractivity contribution < 1.29 is 18.0 Å². The van der Waals surface area contributed by atoms with Crippen LogP contribution in [0.5, 0.6) is 0 Å². The van der Waals surface area contributed by atoms with E-state index in [-0.39, 0.29) is 17.3 Å². The largest absolute Gasteiger partial charge is 0.418 e. The van der Waals surface area contributed by atoms with E-state index in [1.54, 1.807) is 11.8 Å². The molecule has 0 fully saturated rings. The first kappa shape index (κ1) is 16.7. The Hall–Kier alpha value is -1.37. The Bertz CT molecular complexity index is 477. The molecule has 20 heavy (non-hydrogen) atoms. The smallest absolute Gasteiger partial charge is 0.398 e. The zero-order valence-corrected chi connectivity index (χ0v) is 12.1. The maximum Gasteiger partial charge on any atom is 0.418 e. The number of nitrogens with two attached hydrogens (primary N) is 1. The van der Waals surface area contributed by atoms with E-state index in [0.29, 0.717) is 5.75 Å². The normalized spacial score (nSPS) is 13.1. The number of nitrogens with one attached hydrogen (secondary N) is 1. The summed E-state index contributed by atoms with van der Waals surface area (Å²) in [6.45, 7) is 3.80. The molecule has 1 aromatic rings. The Morgan fingerprint density at radius 2 is 2.10 bits per heavy atom. The van der Waals surface area contributed by atoms with Gasteiger partial charge in [0.05, 0.1) is 5.56 Å². The number of benzene rings is 1. The second kappa shape index (κ2) is 6.88. The molecule has 3 nitrogen and oxygen atoms in total. The molecule has 1 aromatic carbocycles. The van der Waals surface area contributed by atoms with Gasteiger partial charge in [-0.05, 0) is 30.9 Å². The molecule has 1 unspecified atom stereocenters. The Labute approximate surface area is 120 Å². The molecule has 0 aromatic heterocycles. The molecule has 0 spiro atoms. The molecule has 1 rings (SSSR count). The molecule has 0 radical (unpaired) electrons. The molecule has 0 heterocycles. The number of carbonyl (C=O) groups excluding carboxylic acids is 1. The molecule has 0 aliphatic heterocycles. The van der Waals surface area contributed by atoms with Crippen molar-refractivity contribution in [2.45, 2.75) is 26.1 Å². The summed E-state index contributed by atoms with van der Waals surface area (Å²) >= 11 is 1.65. The van der Waals surface area contributed by atoms with Crippen molar-refractivity contribution in [2.75, 3.05) is 17.2 Å². The molecule has 1 atom stereocenters. The van der Waals surface area contributed by atoms with Gasteiger partial charge in [0, 0.05) is 23.0 Å². The lowest BCUT2D eigenvalue weighted by atomic mass is 10.1. The Balaban J connectivity index is 2.84. The molecule has 3 N–H and O–H groups in total. The predicted octanol–water partition coefficient (Wildman–Crippen LogP) is 3.16. The first-order valence-electron chi connectivity index (χ1n) is 6.11. The number of amides is 1. The quantitative estimate of drug-likeness (QED) is 0.822. The Morgan fingerprint density at radius 3 is 2.65 bits per heavy atom. The van der Waals surface area contributed by atoms with E-state index >= 15 is 0 Å². The van der Waals surface area contributed by atoms with Crippen molar-refractivity contribution >= 4 is 23.4 Å². The summed E-state index contributed by atoms with van der Waals surface area (Å²) in [6, 6.07) is 3.06. The van der Waals surface area contributed by atoms with Gasteiger partial charge in [-0.2, -0.15) is 24.9 Å². The van der Waals surface area contributed by atoms with Crippen molar-refractivity contribution in [3.63, 3.8) is 0 Å². The third kappa shape index (κ3) is 4.63. The highest BCUT2D eigenvalue weighted by molar-refractivity contribution is 7.99. The standard InChI is InChI=1S/C13H17F3N2OS/c1-3-20-7-8(2)18-12(19)9-4-5-11(17)10(6-9)13(14,15)16/h4-6,8H,3,7,17H2,1-2H3,(H,18,19). The van der Waals surface area contributed by atoms with Crippen LogP contribution in [-0.4, -0.2) is 23.5 Å². The maximum absolute atomic E-state index is 12.7. The zero-order valence-electron chi connectivity index (χ0n) is 11.3. The number of hydrogen-bond donors (Lipinski definition) is 2. The highest BCUT2D eigenvalue weighted by atomic mass is 32.2. The van der Waals surface area contributed by atoms with Gasteiger partial charge in [-0.15, -0.1) is 0 Å². The van der Waals surface area contributed by atoms with E-state index < -0.39 is 17.6 Å². The number of alkyl halides is 3. The van der Waals surface area contributed by atoms with Crippen LogP contribution in [0, 0.1) is 0 Å². The first-order chi connectivity index (χ1) is 9.25. The number of rotatable bonds is 5. The minimum Gasteiger partial charge on any atom is -0.398 e. The van der Waals surface area contributed by atoms with Gasteiger partial charge in [-0.1, -0.05) is 6.92 Å². The molecule has 112 valence electrons. The number of nitrogen functional groups attached to an aromatic ring is 1. The first-order valence-corrected chi connectivity index (χ1v) is 7.26. The van der Waals surface area contributed by atoms with E-state index in [2.05, 4.69) is 5.32 Å². The number of halogens is 3. The molecule has 0 aliphatic carbocycles. The van der Waals surface area contributed by atoms with Crippen LogP contribution >= 0.6 is 11.8 Å². The van der Waals surface area contributed by atoms with Crippen LogP contribution in [0.1, 0.15) is 29.8 Å². The van der Waals surface area contributed by atoms with Gasteiger partial charge < -0.3 is 11.1 Å². The van der Waals surface area contributed by atoms with Crippen LogP contribution in [0.4, 0.5) is 18.9 Å². The number of thioether (sulfide) groups is 1. The van der Waals surface area contributed by atoms with Crippen molar-refractivity contribution in [1.29, 1.82) is 0 Å². The van der Waals surface area contributed by atoms with E-state index in [1.165, 1.54) is 6.07 Å². The number of anilines is 1. The molecule has 0 saturated heterocycles. The van der Waals surface area contributed by atoms with Crippen LogP contribution in [0.15, 0.2) is 18.2 Å². The Morgan fingerprint density at radius 1 is 1.45 bits per heavy atom. The summed E-state index contributed by atoms with van der Waals surface area (Å²) in [5.74, 6) is 1.10. The van der Waals surface area contributed by atoms with Gasteiger partial charge in [-0.25, -0.2) is 0 Å². The van der Waals surface area contributed by atoms with Crippen LogP contribution < -0.4 is 11.1 Å². The van der Waals surface area contributed by atoms with Gasteiger partial charge in [0.2, 0.25) is 0 Å². The third-order valence-corrected chi connectivity index (χ3v) is 3.71. The minimum absolute atomic E-state index is 0.0418. The maximum atomic E-state index is 12.7. The monoisotopic (exact) mass is 306 g/mol. The van der Waals surface area contributed by atoms with E-state index in [1.807, 2.05) is 13.8 Å². The molecular formula is C13H17F3N2OS. The highest BCUT2D eigenvalue weighted by Crippen LogP contribution is 2.33. The summed E-state index contributed by atoms with van der Waals surface area (Å²) in [5, 5.41) is 2.66. The van der Waals surface area contributed by atoms with Crippen molar-refractivity contribution in [1.82, 2.24) is 5.32 Å². The summed E-state index contributed by atoms with van der Waals surface area (Å²) in [4.78, 5) is 11.9. The van der Waals surface area contributed by atoms with Gasteiger partial charge in [0.25, 0.3) is 5.91 Å². The van der Waals surface area contributed by atoms with E-state index in [9.17, 15) is 18.0 Å². The molecule has 7 heteroatoms. The SMILES string of the molecule is CCSCC(C)NC(=O)c1ccc(N)c(C(F)(F)F)c1.